The molecule has 14 heavy (non-hydrogen) atoms. The van der Waals surface area contributed by atoms with E-state index in [1.165, 1.54) is 38.5 Å². The van der Waals surface area contributed by atoms with Gasteiger partial charge >= 0.3 is 0 Å². The molecule has 0 aromatic rings. The molecule has 0 radical (unpaired) electrons. The van der Waals surface area contributed by atoms with Crippen molar-refractivity contribution in [2.24, 2.45) is 17.3 Å². The Morgan fingerprint density at radius 3 is 2.21 bits per heavy atom. The van der Waals surface area contributed by atoms with Crippen LogP contribution < -0.4 is 5.73 Å². The van der Waals surface area contributed by atoms with Gasteiger partial charge in [0.1, 0.15) is 0 Å². The van der Waals surface area contributed by atoms with E-state index in [9.17, 15) is 0 Å². The lowest BCUT2D eigenvalue weighted by Crippen LogP contribution is -2.71. The molecule has 5 atom stereocenters. The van der Waals surface area contributed by atoms with E-state index in [1.54, 1.807) is 0 Å². The number of rotatable bonds is 1. The van der Waals surface area contributed by atoms with Crippen molar-refractivity contribution in [3.63, 3.8) is 0 Å². The third kappa shape index (κ3) is 1.19. The minimum absolute atomic E-state index is 0.399. The average Bonchev–Trinajstić information content (AvgIpc) is 1.98. The van der Waals surface area contributed by atoms with Gasteiger partial charge in [-0.15, -0.1) is 0 Å². The van der Waals surface area contributed by atoms with Crippen LogP contribution in [0.25, 0.3) is 0 Å². The highest BCUT2D eigenvalue weighted by Gasteiger charge is 2.58. The zero-order chi connectivity index (χ0) is 9.97. The van der Waals surface area contributed by atoms with Crippen LogP contribution in [0.4, 0.5) is 0 Å². The van der Waals surface area contributed by atoms with Crippen molar-refractivity contribution in [3.05, 3.63) is 0 Å². The Labute approximate surface area is 92.2 Å². The predicted molar refractivity (Wildman–Crippen MR) is 61.2 cm³/mol. The van der Waals surface area contributed by atoms with Crippen molar-refractivity contribution in [2.75, 3.05) is 0 Å². The maximum Gasteiger partial charge on any atom is 0.0872 e. The summed E-state index contributed by atoms with van der Waals surface area (Å²) >= 11 is 4.97. The van der Waals surface area contributed by atoms with Crippen LogP contribution in [0.1, 0.15) is 45.4 Å². The Bertz CT molecular complexity index is 247. The SMILES string of the molecule is C[C@H]([NH3+])C12C[C@@H]3C[C@@H](CC(S)(C3)C1)C2. The van der Waals surface area contributed by atoms with Gasteiger partial charge in [0.05, 0.1) is 6.04 Å². The third-order valence-corrected chi connectivity index (χ3v) is 5.64. The van der Waals surface area contributed by atoms with Gasteiger partial charge in [0.15, 0.2) is 0 Å². The van der Waals surface area contributed by atoms with Crippen molar-refractivity contribution in [2.45, 2.75) is 56.2 Å². The Morgan fingerprint density at radius 2 is 1.79 bits per heavy atom. The predicted octanol–water partition coefficient (Wildman–Crippen LogP) is 1.89. The monoisotopic (exact) mass is 212 g/mol. The summed E-state index contributed by atoms with van der Waals surface area (Å²) in [5, 5.41) is 0. The molecule has 1 nitrogen and oxygen atoms in total. The summed E-state index contributed by atoms with van der Waals surface area (Å²) in [5.41, 5.74) is 4.90. The van der Waals surface area contributed by atoms with Crippen LogP contribution >= 0.6 is 12.6 Å². The van der Waals surface area contributed by atoms with Crippen LogP contribution in [-0.2, 0) is 0 Å². The Morgan fingerprint density at radius 1 is 1.21 bits per heavy atom. The van der Waals surface area contributed by atoms with E-state index in [1.807, 2.05) is 0 Å². The highest BCUT2D eigenvalue weighted by atomic mass is 32.1. The van der Waals surface area contributed by atoms with Gasteiger partial charge in [-0.2, -0.15) is 12.6 Å². The molecule has 4 bridgehead atoms. The maximum atomic E-state index is 4.97. The fourth-order valence-electron chi connectivity index (χ4n) is 4.86. The van der Waals surface area contributed by atoms with E-state index >= 15 is 0 Å². The van der Waals surface area contributed by atoms with Gasteiger partial charge < -0.3 is 5.73 Å². The number of quaternary nitrogens is 1. The average molecular weight is 212 g/mol. The third-order valence-electron chi connectivity index (χ3n) is 5.12. The van der Waals surface area contributed by atoms with Crippen molar-refractivity contribution >= 4 is 12.6 Å². The number of hydrogen-bond donors (Lipinski definition) is 2. The summed E-state index contributed by atoms with van der Waals surface area (Å²) in [6, 6.07) is 0.625. The molecule has 4 fully saturated rings. The van der Waals surface area contributed by atoms with E-state index < -0.39 is 0 Å². The minimum atomic E-state index is 0.399. The van der Waals surface area contributed by atoms with Crippen LogP contribution in [0.2, 0.25) is 0 Å². The smallest absolute Gasteiger partial charge is 0.0872 e. The second-order valence-corrected chi connectivity index (χ2v) is 7.40. The standard InChI is InChI=1S/C12H21NS/c1-8(13)11-3-9-2-10(4-11)6-12(14,5-9)7-11/h8-10,14H,2-7,13H2,1H3/p+1/t8-,9-,10+,11?,12?/m0/s1. The lowest BCUT2D eigenvalue weighted by molar-refractivity contribution is -0.451. The van der Waals surface area contributed by atoms with E-state index in [0.717, 1.165) is 11.8 Å². The van der Waals surface area contributed by atoms with Gasteiger partial charge in [0, 0.05) is 10.2 Å². The molecule has 0 amide bonds. The van der Waals surface area contributed by atoms with Gasteiger partial charge in [-0.25, -0.2) is 0 Å². The van der Waals surface area contributed by atoms with Crippen LogP contribution in [-0.4, -0.2) is 10.8 Å². The quantitative estimate of drug-likeness (QED) is 0.621. The van der Waals surface area contributed by atoms with Crippen molar-refractivity contribution in [3.8, 4) is 0 Å². The highest BCUT2D eigenvalue weighted by molar-refractivity contribution is 7.81. The molecule has 80 valence electrons. The van der Waals surface area contributed by atoms with Crippen LogP contribution in [0.3, 0.4) is 0 Å². The first-order chi connectivity index (χ1) is 6.51. The normalized spacial score (nSPS) is 57.6. The second kappa shape index (κ2) is 2.70. The summed E-state index contributed by atoms with van der Waals surface area (Å²) < 4.78 is 0.399. The molecule has 0 spiro atoms. The molecule has 2 heteroatoms. The molecule has 0 aromatic carbocycles. The molecule has 4 rings (SSSR count). The Kier molecular flexibility index (Phi) is 1.84. The van der Waals surface area contributed by atoms with Crippen molar-refractivity contribution < 1.29 is 5.73 Å². The number of thiol groups is 1. The lowest BCUT2D eigenvalue weighted by Gasteiger charge is -2.61. The molecular weight excluding hydrogens is 190 g/mol. The lowest BCUT2D eigenvalue weighted by atomic mass is 9.47. The molecule has 0 aliphatic heterocycles. The fraction of sp³-hybridized carbons (Fsp3) is 1.00. The molecule has 3 N–H and O–H groups in total. The number of hydrogen-bond acceptors (Lipinski definition) is 1. The summed E-state index contributed by atoms with van der Waals surface area (Å²) in [6.45, 7) is 2.32. The van der Waals surface area contributed by atoms with Gasteiger partial charge in [-0.05, 0) is 57.3 Å². The first-order valence-electron chi connectivity index (χ1n) is 6.07. The van der Waals surface area contributed by atoms with E-state index in [2.05, 4.69) is 12.7 Å². The van der Waals surface area contributed by atoms with Gasteiger partial charge in [0.2, 0.25) is 0 Å². The molecular formula is C12H22NS+. The molecule has 0 aromatic heterocycles. The molecule has 0 heterocycles. The van der Waals surface area contributed by atoms with Crippen LogP contribution in [0, 0.1) is 17.3 Å². The summed E-state index contributed by atoms with van der Waals surface area (Å²) in [4.78, 5) is 0. The van der Waals surface area contributed by atoms with Gasteiger partial charge in [-0.3, -0.25) is 0 Å². The van der Waals surface area contributed by atoms with Gasteiger partial charge in [0.25, 0.3) is 0 Å². The molecule has 4 aliphatic rings. The zero-order valence-corrected chi connectivity index (χ0v) is 10.0. The maximum absolute atomic E-state index is 4.97. The zero-order valence-electron chi connectivity index (χ0n) is 9.13. The van der Waals surface area contributed by atoms with E-state index in [0.29, 0.717) is 16.2 Å². The topological polar surface area (TPSA) is 27.6 Å². The molecule has 0 saturated heterocycles. The first-order valence-corrected chi connectivity index (χ1v) is 6.52. The van der Waals surface area contributed by atoms with Crippen LogP contribution in [0.15, 0.2) is 0 Å². The Balaban J connectivity index is 1.96. The molecule has 4 saturated carbocycles. The Hall–Kier alpha value is 0.310. The summed E-state index contributed by atoms with van der Waals surface area (Å²) in [7, 11) is 0. The summed E-state index contributed by atoms with van der Waals surface area (Å²) in [5.74, 6) is 1.97. The molecule has 2 unspecified atom stereocenters. The van der Waals surface area contributed by atoms with Gasteiger partial charge in [-0.1, -0.05) is 0 Å². The minimum Gasteiger partial charge on any atom is -0.355 e. The largest absolute Gasteiger partial charge is 0.355 e. The van der Waals surface area contributed by atoms with Crippen molar-refractivity contribution in [1.82, 2.24) is 0 Å². The van der Waals surface area contributed by atoms with E-state index in [-0.39, 0.29) is 0 Å². The first kappa shape index (κ1) is 9.53. The summed E-state index contributed by atoms with van der Waals surface area (Å²) in [6.07, 6.45) is 8.53. The van der Waals surface area contributed by atoms with Crippen molar-refractivity contribution in [1.29, 1.82) is 0 Å². The fourth-order valence-corrected chi connectivity index (χ4v) is 5.69. The molecule has 4 aliphatic carbocycles. The highest BCUT2D eigenvalue weighted by Crippen LogP contribution is 2.64. The van der Waals surface area contributed by atoms with Crippen LogP contribution in [0.5, 0.6) is 0 Å². The van der Waals surface area contributed by atoms with E-state index in [4.69, 9.17) is 12.6 Å². The second-order valence-electron chi connectivity index (χ2n) is 6.45.